The highest BCUT2D eigenvalue weighted by atomic mass is 16.3. The minimum absolute atomic E-state index is 0.0674. The van der Waals surface area contributed by atoms with Crippen molar-refractivity contribution in [2.75, 3.05) is 41.3 Å². The van der Waals surface area contributed by atoms with Gasteiger partial charge in [0.25, 0.3) is 23.3 Å². The van der Waals surface area contributed by atoms with Gasteiger partial charge in [0, 0.05) is 99.0 Å². The van der Waals surface area contributed by atoms with Gasteiger partial charge in [-0.15, -0.1) is 0 Å². The molecule has 0 bridgehead atoms. The number of piperidine rings is 1. The van der Waals surface area contributed by atoms with E-state index in [0.29, 0.717) is 64.4 Å². The number of nitrogens with one attached hydrogen (secondary N) is 2. The van der Waals surface area contributed by atoms with Crippen LogP contribution in [0.2, 0.25) is 0 Å². The molecule has 4 atom stereocenters. The second kappa shape index (κ2) is 17.8. The number of hydrogen-bond acceptors (Lipinski definition) is 12. The van der Waals surface area contributed by atoms with Gasteiger partial charge in [-0.05, 0) is 111 Å². The highest BCUT2D eigenvalue weighted by Gasteiger charge is 2.45. The van der Waals surface area contributed by atoms with Gasteiger partial charge in [-0.2, -0.15) is 0 Å². The van der Waals surface area contributed by atoms with Gasteiger partial charge < -0.3 is 24.5 Å². The first-order valence-electron chi connectivity index (χ1n) is 24.6. The number of carbonyl (C=O) groups is 5. The van der Waals surface area contributed by atoms with E-state index in [4.69, 9.17) is 4.98 Å². The zero-order valence-corrected chi connectivity index (χ0v) is 40.3. The first-order chi connectivity index (χ1) is 34.1. The summed E-state index contributed by atoms with van der Waals surface area (Å²) in [5, 5.41) is 16.3. The lowest BCUT2D eigenvalue weighted by atomic mass is 9.90. The third-order valence-corrected chi connectivity index (χ3v) is 15.3. The molecule has 71 heavy (non-hydrogen) atoms. The molecule has 4 aliphatic heterocycles. The Labute approximate surface area is 410 Å². The van der Waals surface area contributed by atoms with Crippen molar-refractivity contribution in [1.82, 2.24) is 34.2 Å². The first kappa shape index (κ1) is 46.0. The predicted molar refractivity (Wildman–Crippen MR) is 265 cm³/mol. The van der Waals surface area contributed by atoms with Gasteiger partial charge in [0.1, 0.15) is 29.1 Å². The Kier molecular flexibility index (Phi) is 11.5. The van der Waals surface area contributed by atoms with Crippen molar-refractivity contribution >= 4 is 52.5 Å². The van der Waals surface area contributed by atoms with Gasteiger partial charge in [0.15, 0.2) is 0 Å². The van der Waals surface area contributed by atoms with Gasteiger partial charge >= 0.3 is 0 Å². The normalized spacial score (nSPS) is 22.8. The Balaban J connectivity index is 0.717. The number of aromatic nitrogens is 4. The fourth-order valence-corrected chi connectivity index (χ4v) is 11.8. The molecule has 1 aromatic carbocycles. The molecular weight excluding hydrogens is 901 g/mol. The monoisotopic (exact) mass is 956 g/mol. The van der Waals surface area contributed by atoms with Gasteiger partial charge in [-0.3, -0.25) is 48.8 Å². The van der Waals surface area contributed by atoms with Crippen LogP contribution in [0.4, 0.5) is 23.0 Å². The maximum Gasteiger partial charge on any atom is 0.276 e. The minimum atomic E-state index is -1.01. The molecule has 3 fully saturated rings. The number of pyridine rings is 3. The SMILES string of the molecule is C[C@H]1CN([C@@H]2CC[C@H](C#Cc3ccc4c(c3)C(=O)N(C3CCC(=O)NC3=O)C4=O)C2)CCN1c1ccc(Nc2cc(-c3ccnc(N4CCn5c(cc6c5CC(C)(C)C6)C4=O)c3CO)cn(C)c2=O)nc1. The number of aliphatic hydroxyl groups excluding tert-OH is 1. The summed E-state index contributed by atoms with van der Waals surface area (Å²) in [5.41, 5.74) is 7.31. The largest absolute Gasteiger partial charge is 0.392 e. The van der Waals surface area contributed by atoms with Gasteiger partial charge in [0.2, 0.25) is 11.8 Å². The lowest BCUT2D eigenvalue weighted by molar-refractivity contribution is -0.136. The van der Waals surface area contributed by atoms with Crippen molar-refractivity contribution < 1.29 is 29.1 Å². The van der Waals surface area contributed by atoms with Gasteiger partial charge in [0.05, 0.1) is 29.6 Å². The fraction of sp³-hybridized carbons (Fsp3) is 0.407. The predicted octanol–water partition coefficient (Wildman–Crippen LogP) is 4.80. The zero-order valence-electron chi connectivity index (χ0n) is 40.3. The van der Waals surface area contributed by atoms with Crippen molar-refractivity contribution in [2.24, 2.45) is 18.4 Å². The van der Waals surface area contributed by atoms with E-state index in [2.05, 4.69) is 62.6 Å². The summed E-state index contributed by atoms with van der Waals surface area (Å²) in [6.45, 7) is 10.0. The number of imide groups is 2. The van der Waals surface area contributed by atoms with Gasteiger partial charge in [-0.1, -0.05) is 25.7 Å². The molecular formula is C54H56N10O7. The number of nitrogens with zero attached hydrogens (tertiary/aromatic N) is 8. The summed E-state index contributed by atoms with van der Waals surface area (Å²) in [7, 11) is 1.68. The molecule has 4 aromatic heterocycles. The molecule has 2 saturated heterocycles. The molecule has 2 aliphatic carbocycles. The Bertz CT molecular complexity index is 3200. The average molecular weight is 957 g/mol. The van der Waals surface area contributed by atoms with Crippen LogP contribution >= 0.6 is 0 Å². The van der Waals surface area contributed by atoms with Crippen molar-refractivity contribution in [3.63, 3.8) is 0 Å². The van der Waals surface area contributed by atoms with Crippen LogP contribution in [0, 0.1) is 23.2 Å². The van der Waals surface area contributed by atoms with E-state index in [-0.39, 0.29) is 59.4 Å². The lowest BCUT2D eigenvalue weighted by Gasteiger charge is -2.43. The Morgan fingerprint density at radius 3 is 2.48 bits per heavy atom. The van der Waals surface area contributed by atoms with Crippen LogP contribution in [0.3, 0.4) is 0 Å². The average Bonchev–Trinajstić information content (AvgIpc) is 4.10. The van der Waals surface area contributed by atoms with Crippen molar-refractivity contribution in [3.05, 3.63) is 117 Å². The number of aryl methyl sites for hydroxylation is 1. The van der Waals surface area contributed by atoms with Crippen LogP contribution in [-0.2, 0) is 42.6 Å². The van der Waals surface area contributed by atoms with Crippen molar-refractivity contribution in [2.45, 2.75) is 97.0 Å². The molecule has 6 aliphatic rings. The van der Waals surface area contributed by atoms with E-state index in [9.17, 15) is 33.9 Å². The van der Waals surface area contributed by atoms with Crippen LogP contribution in [0.1, 0.15) is 106 Å². The first-order valence-corrected chi connectivity index (χ1v) is 24.6. The molecule has 11 rings (SSSR count). The topological polar surface area (TPSA) is 195 Å². The van der Waals surface area contributed by atoms with Crippen LogP contribution in [0.25, 0.3) is 11.1 Å². The second-order valence-electron chi connectivity index (χ2n) is 20.7. The van der Waals surface area contributed by atoms with E-state index in [1.165, 1.54) is 15.8 Å². The summed E-state index contributed by atoms with van der Waals surface area (Å²) in [4.78, 5) is 95.0. The molecule has 1 unspecified atom stereocenters. The molecule has 5 amide bonds. The second-order valence-corrected chi connectivity index (χ2v) is 20.7. The summed E-state index contributed by atoms with van der Waals surface area (Å²) < 4.78 is 3.66. The van der Waals surface area contributed by atoms with E-state index in [0.717, 1.165) is 62.3 Å². The quantitative estimate of drug-likeness (QED) is 0.142. The van der Waals surface area contributed by atoms with Crippen molar-refractivity contribution in [1.29, 1.82) is 0 Å². The third kappa shape index (κ3) is 8.28. The van der Waals surface area contributed by atoms with Crippen LogP contribution in [0.15, 0.2) is 71.9 Å². The number of amides is 5. The highest BCUT2D eigenvalue weighted by molar-refractivity contribution is 6.23. The molecule has 17 heteroatoms. The molecule has 1 saturated carbocycles. The maximum absolute atomic E-state index is 14.0. The summed E-state index contributed by atoms with van der Waals surface area (Å²) in [5.74, 6) is 5.53. The smallest absolute Gasteiger partial charge is 0.276 e. The minimum Gasteiger partial charge on any atom is -0.392 e. The van der Waals surface area contributed by atoms with E-state index >= 15 is 0 Å². The fourth-order valence-electron chi connectivity index (χ4n) is 11.8. The zero-order chi connectivity index (χ0) is 49.5. The number of aliphatic hydroxyl groups is 1. The molecule has 17 nitrogen and oxygen atoms in total. The molecule has 0 radical (unpaired) electrons. The highest BCUT2D eigenvalue weighted by Crippen LogP contribution is 2.41. The number of rotatable bonds is 8. The van der Waals surface area contributed by atoms with Crippen molar-refractivity contribution in [3.8, 4) is 23.0 Å². The van der Waals surface area contributed by atoms with E-state index in [1.54, 1.807) is 54.7 Å². The van der Waals surface area contributed by atoms with E-state index in [1.807, 2.05) is 24.4 Å². The number of hydrogen-bond donors (Lipinski definition) is 3. The Morgan fingerprint density at radius 1 is 0.873 bits per heavy atom. The summed E-state index contributed by atoms with van der Waals surface area (Å²) in [6, 6.07) is 14.1. The van der Waals surface area contributed by atoms with Crippen LogP contribution < -0.4 is 26.0 Å². The number of piperazine rings is 1. The van der Waals surface area contributed by atoms with E-state index < -0.39 is 29.7 Å². The standard InChI is InChI=1S/C54H56N10O7/c1-31-28-60(36-9-7-32(21-36)5-6-33-8-11-39-40(22-33)51(69)64(50(39)68)43-12-14-47(66)58-49(43)67)17-18-61(31)37-10-13-46(56-27-37)57-42-23-35(29-59(4)52(42)70)38-15-16-55-48(41(38)30-65)63-20-19-62-44(53(63)71)24-34-25-54(2,3)26-45(34)62/h8,10-11,13,15-16,22-24,27,29,31-32,36,43,65H,7,9,12,14,17-21,25-26,28,30H2,1-4H3,(H,56,57)(H,58,66,67)/t31-,32-,36+,43?/m0/s1. The Morgan fingerprint density at radius 2 is 1.70 bits per heavy atom. The summed E-state index contributed by atoms with van der Waals surface area (Å²) >= 11 is 0. The molecule has 364 valence electrons. The number of anilines is 4. The van der Waals surface area contributed by atoms with Crippen LogP contribution in [0.5, 0.6) is 0 Å². The Hall–Kier alpha value is -7.42. The maximum atomic E-state index is 14.0. The molecule has 8 heterocycles. The number of carbonyl (C=O) groups excluding carboxylic acids is 5. The molecule has 0 spiro atoms. The molecule has 3 N–H and O–H groups in total. The summed E-state index contributed by atoms with van der Waals surface area (Å²) in [6.07, 6.45) is 10.2. The van der Waals surface area contributed by atoms with Crippen LogP contribution in [-0.4, -0.2) is 108 Å². The number of benzene rings is 1. The van der Waals surface area contributed by atoms with Gasteiger partial charge in [-0.25, -0.2) is 9.97 Å². The molecule has 5 aromatic rings. The number of fused-ring (bicyclic) bond motifs is 4. The lowest BCUT2D eigenvalue weighted by Crippen LogP contribution is -2.54. The third-order valence-electron chi connectivity index (χ3n) is 15.3.